The molecule has 1 unspecified atom stereocenters. The fourth-order valence-corrected chi connectivity index (χ4v) is 4.00. The van der Waals surface area contributed by atoms with Crippen LogP contribution in [0.25, 0.3) is 0 Å². The molecule has 0 aliphatic carbocycles. The van der Waals surface area contributed by atoms with Gasteiger partial charge in [0, 0.05) is 11.1 Å². The number of carbonyl (C=O) groups is 4. The Morgan fingerprint density at radius 1 is 0.600 bits per heavy atom. The van der Waals surface area contributed by atoms with Crippen LogP contribution >= 0.6 is 0 Å². The number of Topliss-reactive ketones (excluding diaryl/α,β-unsaturated/α-hetero) is 1. The number of imide groups is 1. The molecule has 2 amide bonds. The van der Waals surface area contributed by atoms with Gasteiger partial charge >= 0.3 is 5.97 Å². The van der Waals surface area contributed by atoms with E-state index in [2.05, 4.69) is 0 Å². The predicted octanol–water partition coefficient (Wildman–Crippen LogP) is 5.27. The van der Waals surface area contributed by atoms with Crippen molar-refractivity contribution in [2.75, 3.05) is 4.90 Å². The molecule has 0 spiro atoms. The molecule has 0 bridgehead atoms. The molecule has 0 N–H and O–H groups in total. The van der Waals surface area contributed by atoms with Gasteiger partial charge in [0.1, 0.15) is 0 Å². The third kappa shape index (κ3) is 4.13. The predicted molar refractivity (Wildman–Crippen MR) is 129 cm³/mol. The van der Waals surface area contributed by atoms with Gasteiger partial charge in [0.2, 0.25) is 5.78 Å². The summed E-state index contributed by atoms with van der Waals surface area (Å²) < 4.78 is 5.66. The van der Waals surface area contributed by atoms with E-state index in [9.17, 15) is 19.2 Å². The highest BCUT2D eigenvalue weighted by Gasteiger charge is 2.36. The number of benzene rings is 4. The summed E-state index contributed by atoms with van der Waals surface area (Å²) in [4.78, 5) is 52.6. The van der Waals surface area contributed by atoms with Gasteiger partial charge in [0.25, 0.3) is 11.8 Å². The molecular formula is C29H19NO5. The number of amides is 2. The van der Waals surface area contributed by atoms with Crippen LogP contribution in [0.4, 0.5) is 5.69 Å². The topological polar surface area (TPSA) is 80.8 Å². The number of rotatable bonds is 6. The molecule has 0 saturated heterocycles. The average Bonchev–Trinajstić information content (AvgIpc) is 3.17. The van der Waals surface area contributed by atoms with E-state index in [0.717, 1.165) is 4.90 Å². The van der Waals surface area contributed by atoms with Gasteiger partial charge in [-0.3, -0.25) is 14.4 Å². The molecule has 0 aromatic heterocycles. The summed E-state index contributed by atoms with van der Waals surface area (Å²) in [5, 5.41) is 0. The molecule has 0 radical (unpaired) electrons. The molecule has 0 saturated carbocycles. The molecule has 0 fully saturated rings. The van der Waals surface area contributed by atoms with Crippen LogP contribution in [0.5, 0.6) is 0 Å². The molecule has 1 atom stereocenters. The van der Waals surface area contributed by atoms with E-state index in [-0.39, 0.29) is 11.3 Å². The van der Waals surface area contributed by atoms with E-state index in [4.69, 9.17) is 4.74 Å². The van der Waals surface area contributed by atoms with Gasteiger partial charge in [0.05, 0.1) is 22.4 Å². The number of fused-ring (bicyclic) bond motifs is 1. The first-order chi connectivity index (χ1) is 17.0. The van der Waals surface area contributed by atoms with Crippen LogP contribution in [0, 0.1) is 0 Å². The molecular weight excluding hydrogens is 442 g/mol. The summed E-state index contributed by atoms with van der Waals surface area (Å²) in [6.45, 7) is 0. The molecule has 1 aliphatic rings. The minimum Gasteiger partial charge on any atom is -0.445 e. The Kier molecular flexibility index (Phi) is 5.77. The van der Waals surface area contributed by atoms with Gasteiger partial charge in [-0.1, -0.05) is 72.8 Å². The van der Waals surface area contributed by atoms with Crippen molar-refractivity contribution < 1.29 is 23.9 Å². The molecule has 1 aliphatic heterocycles. The highest BCUT2D eigenvalue weighted by atomic mass is 16.5. The monoisotopic (exact) mass is 461 g/mol. The SMILES string of the molecule is O=C(OC(C(=O)c1ccccc1)c1ccccc1)c1ccc(N2C(=O)c3ccccc3C2=O)cc1. The second-order valence-corrected chi connectivity index (χ2v) is 7.96. The van der Waals surface area contributed by atoms with E-state index in [1.807, 2.05) is 6.07 Å². The smallest absolute Gasteiger partial charge is 0.339 e. The minimum atomic E-state index is -1.12. The van der Waals surface area contributed by atoms with E-state index < -0.39 is 23.9 Å². The lowest BCUT2D eigenvalue weighted by Gasteiger charge is -2.18. The zero-order valence-corrected chi connectivity index (χ0v) is 18.5. The maximum atomic E-state index is 13.2. The Morgan fingerprint density at radius 2 is 1.11 bits per heavy atom. The third-order valence-electron chi connectivity index (χ3n) is 5.78. The summed E-state index contributed by atoms with van der Waals surface area (Å²) in [6.07, 6.45) is -1.12. The molecule has 1 heterocycles. The van der Waals surface area contributed by atoms with Gasteiger partial charge in [0.15, 0.2) is 6.10 Å². The molecule has 170 valence electrons. The molecule has 6 heteroatoms. The maximum Gasteiger partial charge on any atom is 0.339 e. The number of hydrogen-bond acceptors (Lipinski definition) is 5. The number of ketones is 1. The molecule has 35 heavy (non-hydrogen) atoms. The van der Waals surface area contributed by atoms with Crippen molar-refractivity contribution in [3.05, 3.63) is 137 Å². The molecule has 4 aromatic carbocycles. The van der Waals surface area contributed by atoms with E-state index in [1.54, 1.807) is 78.9 Å². The third-order valence-corrected chi connectivity index (χ3v) is 5.78. The molecule has 6 nitrogen and oxygen atoms in total. The lowest BCUT2D eigenvalue weighted by Crippen LogP contribution is -2.29. The Labute approximate surface area is 201 Å². The second-order valence-electron chi connectivity index (χ2n) is 7.96. The molecule has 4 aromatic rings. The van der Waals surface area contributed by atoms with Crippen LogP contribution in [0.2, 0.25) is 0 Å². The standard InChI is InChI=1S/C29H19NO5/c31-25(19-9-3-1-4-10-19)26(20-11-5-2-6-12-20)35-29(34)21-15-17-22(18-16-21)30-27(32)23-13-7-8-14-24(23)28(30)33/h1-18,26H. The first-order valence-corrected chi connectivity index (χ1v) is 11.0. The van der Waals surface area contributed by atoms with Crippen molar-refractivity contribution in [3.8, 4) is 0 Å². The first-order valence-electron chi connectivity index (χ1n) is 11.0. The lowest BCUT2D eigenvalue weighted by atomic mass is 10.00. The summed E-state index contributed by atoms with van der Waals surface area (Å²) in [7, 11) is 0. The number of esters is 1. The van der Waals surface area contributed by atoms with Gasteiger partial charge < -0.3 is 4.74 Å². The van der Waals surface area contributed by atoms with Crippen molar-refractivity contribution in [2.24, 2.45) is 0 Å². The van der Waals surface area contributed by atoms with Crippen molar-refractivity contribution >= 4 is 29.3 Å². The van der Waals surface area contributed by atoms with Crippen LogP contribution in [-0.4, -0.2) is 23.6 Å². The van der Waals surface area contributed by atoms with Crippen LogP contribution in [0.15, 0.2) is 109 Å². The fraction of sp³-hybridized carbons (Fsp3) is 0.0345. The van der Waals surface area contributed by atoms with Crippen molar-refractivity contribution in [1.29, 1.82) is 0 Å². The Balaban J connectivity index is 1.38. The maximum absolute atomic E-state index is 13.2. The van der Waals surface area contributed by atoms with Crippen molar-refractivity contribution in [2.45, 2.75) is 6.10 Å². The van der Waals surface area contributed by atoms with Crippen molar-refractivity contribution in [3.63, 3.8) is 0 Å². The van der Waals surface area contributed by atoms with E-state index >= 15 is 0 Å². The van der Waals surface area contributed by atoms with Crippen LogP contribution in [0.1, 0.15) is 53.1 Å². The summed E-state index contributed by atoms with van der Waals surface area (Å²) in [5.74, 6) is -1.87. The van der Waals surface area contributed by atoms with Gasteiger partial charge in [-0.05, 0) is 36.4 Å². The Bertz CT molecular complexity index is 1390. The lowest BCUT2D eigenvalue weighted by molar-refractivity contribution is 0.0280. The molecule has 5 rings (SSSR count). The first kappa shape index (κ1) is 22.0. The van der Waals surface area contributed by atoms with Crippen LogP contribution in [-0.2, 0) is 4.74 Å². The summed E-state index contributed by atoms with van der Waals surface area (Å²) in [6, 6.07) is 30.0. The number of hydrogen-bond donors (Lipinski definition) is 0. The Morgan fingerprint density at radius 3 is 1.69 bits per heavy atom. The largest absolute Gasteiger partial charge is 0.445 e. The fourth-order valence-electron chi connectivity index (χ4n) is 4.00. The quantitative estimate of drug-likeness (QED) is 0.222. The highest BCUT2D eigenvalue weighted by molar-refractivity contribution is 6.34. The number of nitrogens with zero attached hydrogens (tertiary/aromatic N) is 1. The highest BCUT2D eigenvalue weighted by Crippen LogP contribution is 2.29. The number of carbonyl (C=O) groups excluding carboxylic acids is 4. The van der Waals surface area contributed by atoms with Gasteiger partial charge in [-0.25, -0.2) is 9.69 Å². The number of anilines is 1. The summed E-state index contributed by atoms with van der Waals surface area (Å²) >= 11 is 0. The van der Waals surface area contributed by atoms with E-state index in [1.165, 1.54) is 24.3 Å². The van der Waals surface area contributed by atoms with Crippen LogP contribution < -0.4 is 4.90 Å². The Hall–Kier alpha value is -4.84. The average molecular weight is 461 g/mol. The van der Waals surface area contributed by atoms with Crippen molar-refractivity contribution in [1.82, 2.24) is 0 Å². The normalized spacial score (nSPS) is 13.3. The zero-order valence-electron chi connectivity index (χ0n) is 18.5. The van der Waals surface area contributed by atoms with Gasteiger partial charge in [-0.15, -0.1) is 0 Å². The van der Waals surface area contributed by atoms with Crippen LogP contribution in [0.3, 0.4) is 0 Å². The minimum absolute atomic E-state index is 0.187. The zero-order chi connectivity index (χ0) is 24.4. The summed E-state index contributed by atoms with van der Waals surface area (Å²) in [5.41, 5.74) is 2.18. The second kappa shape index (κ2) is 9.19. The van der Waals surface area contributed by atoms with Gasteiger partial charge in [-0.2, -0.15) is 0 Å². The number of ether oxygens (including phenoxy) is 1. The van der Waals surface area contributed by atoms with E-state index in [0.29, 0.717) is 27.9 Å².